The molecule has 3 nitrogen and oxygen atoms in total. The Bertz CT molecular complexity index is 890. The molecule has 1 N–H and O–H groups in total. The third-order valence-corrected chi connectivity index (χ3v) is 3.36. The van der Waals surface area contributed by atoms with Gasteiger partial charge < -0.3 is 9.72 Å². The molecule has 4 aromatic rings. The fraction of sp³-hybridized carbons (Fsp3) is 0. The third kappa shape index (κ3) is 1.80. The quantitative estimate of drug-likeness (QED) is 0.576. The van der Waals surface area contributed by atoms with E-state index in [1.807, 2.05) is 60.8 Å². The highest BCUT2D eigenvalue weighted by atomic mass is 16.5. The molecule has 4 rings (SSSR count). The van der Waals surface area contributed by atoms with E-state index in [1.54, 1.807) is 6.20 Å². The number of nitrogens with zero attached hydrogens (tertiary/aromatic N) is 1. The van der Waals surface area contributed by atoms with Crippen molar-refractivity contribution in [3.63, 3.8) is 0 Å². The minimum Gasteiger partial charge on any atom is -0.457 e. The van der Waals surface area contributed by atoms with Gasteiger partial charge >= 0.3 is 0 Å². The van der Waals surface area contributed by atoms with Crippen LogP contribution in [0.3, 0.4) is 0 Å². The SMILES string of the molecule is c1ccc2c(Oc3ccc4[nH]ccc4c3)ccnc2c1. The van der Waals surface area contributed by atoms with Crippen molar-refractivity contribution in [3.8, 4) is 11.5 Å². The second-order valence-electron chi connectivity index (χ2n) is 4.66. The van der Waals surface area contributed by atoms with Crippen LogP contribution >= 0.6 is 0 Å². The molecule has 0 amide bonds. The van der Waals surface area contributed by atoms with Crippen molar-refractivity contribution in [3.05, 3.63) is 67.0 Å². The number of H-pyrrole nitrogens is 1. The lowest BCUT2D eigenvalue weighted by atomic mass is 10.2. The topological polar surface area (TPSA) is 37.9 Å². The minimum atomic E-state index is 0.825. The Morgan fingerprint density at radius 1 is 0.950 bits per heavy atom. The minimum absolute atomic E-state index is 0.825. The molecule has 0 fully saturated rings. The standard InChI is InChI=1S/C17H12N2O/c1-2-4-16-14(3-1)17(8-10-19-16)20-13-5-6-15-12(11-13)7-9-18-15/h1-11,18H. The Morgan fingerprint density at radius 2 is 1.90 bits per heavy atom. The smallest absolute Gasteiger partial charge is 0.138 e. The summed E-state index contributed by atoms with van der Waals surface area (Å²) in [6.45, 7) is 0. The Morgan fingerprint density at radius 3 is 2.90 bits per heavy atom. The summed E-state index contributed by atoms with van der Waals surface area (Å²) >= 11 is 0. The van der Waals surface area contributed by atoms with Gasteiger partial charge in [0.25, 0.3) is 0 Å². The summed E-state index contributed by atoms with van der Waals surface area (Å²) in [6, 6.07) is 17.9. The number of ether oxygens (including phenoxy) is 1. The van der Waals surface area contributed by atoms with Gasteiger partial charge in [-0.3, -0.25) is 4.98 Å². The number of hydrogen-bond donors (Lipinski definition) is 1. The Labute approximate surface area is 115 Å². The van der Waals surface area contributed by atoms with Crippen molar-refractivity contribution in [2.24, 2.45) is 0 Å². The Hall–Kier alpha value is -2.81. The number of hydrogen-bond acceptors (Lipinski definition) is 2. The van der Waals surface area contributed by atoms with Gasteiger partial charge in [0.05, 0.1) is 5.52 Å². The van der Waals surface area contributed by atoms with Crippen molar-refractivity contribution in [2.75, 3.05) is 0 Å². The van der Waals surface area contributed by atoms with Crippen LogP contribution < -0.4 is 4.74 Å². The first-order valence-electron chi connectivity index (χ1n) is 6.49. The summed E-state index contributed by atoms with van der Waals surface area (Å²) in [5.41, 5.74) is 2.05. The fourth-order valence-electron chi connectivity index (χ4n) is 2.38. The first-order chi connectivity index (χ1) is 9.90. The van der Waals surface area contributed by atoms with E-state index in [1.165, 1.54) is 0 Å². The van der Waals surface area contributed by atoms with E-state index < -0.39 is 0 Å². The molecule has 0 aliphatic rings. The zero-order valence-corrected chi connectivity index (χ0v) is 10.7. The molecule has 0 radical (unpaired) electrons. The van der Waals surface area contributed by atoms with Gasteiger partial charge in [0.1, 0.15) is 11.5 Å². The summed E-state index contributed by atoms with van der Waals surface area (Å²) in [6.07, 6.45) is 3.70. The molecule has 0 spiro atoms. The van der Waals surface area contributed by atoms with E-state index in [0.29, 0.717) is 0 Å². The van der Waals surface area contributed by atoms with Crippen LogP contribution in [0.15, 0.2) is 67.0 Å². The Kier molecular flexibility index (Phi) is 2.42. The van der Waals surface area contributed by atoms with Gasteiger partial charge in [-0.1, -0.05) is 12.1 Å². The molecule has 0 saturated carbocycles. The average Bonchev–Trinajstić information content (AvgIpc) is 2.95. The monoisotopic (exact) mass is 260 g/mol. The molecule has 2 aromatic heterocycles. The number of rotatable bonds is 2. The van der Waals surface area contributed by atoms with E-state index in [2.05, 4.69) is 9.97 Å². The lowest BCUT2D eigenvalue weighted by Crippen LogP contribution is -1.87. The summed E-state index contributed by atoms with van der Waals surface area (Å²) in [7, 11) is 0. The molecule has 0 unspecified atom stereocenters. The molecule has 0 aliphatic carbocycles. The first kappa shape index (κ1) is 11.1. The van der Waals surface area contributed by atoms with Gasteiger partial charge in [-0.05, 0) is 42.5 Å². The highest BCUT2D eigenvalue weighted by Gasteiger charge is 2.04. The summed E-state index contributed by atoms with van der Waals surface area (Å²) in [5.74, 6) is 1.65. The first-order valence-corrected chi connectivity index (χ1v) is 6.49. The zero-order chi connectivity index (χ0) is 13.4. The number of aromatic amines is 1. The molecule has 2 heterocycles. The maximum atomic E-state index is 6.02. The van der Waals surface area contributed by atoms with Crippen LogP contribution in [0.1, 0.15) is 0 Å². The number of aromatic nitrogens is 2. The van der Waals surface area contributed by atoms with Crippen LogP contribution in [0.2, 0.25) is 0 Å². The van der Waals surface area contributed by atoms with Crippen LogP contribution in [0.25, 0.3) is 21.8 Å². The van der Waals surface area contributed by atoms with Crippen molar-refractivity contribution < 1.29 is 4.74 Å². The molecule has 3 heteroatoms. The molecular formula is C17H12N2O. The molecule has 96 valence electrons. The summed E-state index contributed by atoms with van der Waals surface area (Å²) in [4.78, 5) is 7.51. The fourth-order valence-corrected chi connectivity index (χ4v) is 2.38. The number of benzene rings is 2. The van der Waals surface area contributed by atoms with Crippen LogP contribution in [0.4, 0.5) is 0 Å². The Balaban J connectivity index is 1.80. The molecule has 0 aliphatic heterocycles. The van der Waals surface area contributed by atoms with Crippen molar-refractivity contribution >= 4 is 21.8 Å². The van der Waals surface area contributed by atoms with Crippen molar-refractivity contribution in [1.82, 2.24) is 9.97 Å². The number of pyridine rings is 1. The maximum Gasteiger partial charge on any atom is 0.138 e. The van der Waals surface area contributed by atoms with E-state index in [-0.39, 0.29) is 0 Å². The van der Waals surface area contributed by atoms with E-state index in [0.717, 1.165) is 33.3 Å². The zero-order valence-electron chi connectivity index (χ0n) is 10.7. The highest BCUT2D eigenvalue weighted by Crippen LogP contribution is 2.30. The molecule has 20 heavy (non-hydrogen) atoms. The van der Waals surface area contributed by atoms with Crippen molar-refractivity contribution in [1.29, 1.82) is 0 Å². The summed E-state index contributed by atoms with van der Waals surface area (Å²) in [5, 5.41) is 2.16. The lowest BCUT2D eigenvalue weighted by molar-refractivity contribution is 0.488. The molecule has 0 saturated heterocycles. The normalized spacial score (nSPS) is 11.0. The number of nitrogens with one attached hydrogen (secondary N) is 1. The molecule has 2 aromatic carbocycles. The number of para-hydroxylation sites is 1. The highest BCUT2D eigenvalue weighted by molar-refractivity contribution is 5.85. The third-order valence-electron chi connectivity index (χ3n) is 3.36. The molecular weight excluding hydrogens is 248 g/mol. The largest absolute Gasteiger partial charge is 0.457 e. The lowest BCUT2D eigenvalue weighted by Gasteiger charge is -2.08. The van der Waals surface area contributed by atoms with Gasteiger partial charge in [0, 0.05) is 28.7 Å². The van der Waals surface area contributed by atoms with Crippen LogP contribution in [-0.2, 0) is 0 Å². The van der Waals surface area contributed by atoms with Crippen LogP contribution in [-0.4, -0.2) is 9.97 Å². The molecule has 0 atom stereocenters. The predicted molar refractivity (Wildman–Crippen MR) is 80.1 cm³/mol. The van der Waals surface area contributed by atoms with Crippen LogP contribution in [0, 0.1) is 0 Å². The average molecular weight is 260 g/mol. The van der Waals surface area contributed by atoms with Crippen molar-refractivity contribution in [2.45, 2.75) is 0 Å². The van der Waals surface area contributed by atoms with Gasteiger partial charge in [-0.15, -0.1) is 0 Å². The second-order valence-corrected chi connectivity index (χ2v) is 4.66. The van der Waals surface area contributed by atoms with E-state index in [4.69, 9.17) is 4.74 Å². The number of fused-ring (bicyclic) bond motifs is 2. The van der Waals surface area contributed by atoms with Gasteiger partial charge in [0.2, 0.25) is 0 Å². The van der Waals surface area contributed by atoms with Gasteiger partial charge in [-0.25, -0.2) is 0 Å². The molecule has 0 bridgehead atoms. The predicted octanol–water partition coefficient (Wildman–Crippen LogP) is 4.51. The van der Waals surface area contributed by atoms with E-state index in [9.17, 15) is 0 Å². The van der Waals surface area contributed by atoms with E-state index >= 15 is 0 Å². The van der Waals surface area contributed by atoms with Gasteiger partial charge in [0.15, 0.2) is 0 Å². The maximum absolute atomic E-state index is 6.02. The summed E-state index contributed by atoms with van der Waals surface area (Å²) < 4.78 is 6.02. The van der Waals surface area contributed by atoms with Gasteiger partial charge in [-0.2, -0.15) is 0 Å². The second kappa shape index (κ2) is 4.38. The van der Waals surface area contributed by atoms with Crippen LogP contribution in [0.5, 0.6) is 11.5 Å².